The molecule has 1 saturated carbocycles. The lowest BCUT2D eigenvalue weighted by Crippen LogP contribution is -2.57. The number of halogens is 1. The van der Waals surface area contributed by atoms with Crippen molar-refractivity contribution < 1.29 is 4.79 Å². The van der Waals surface area contributed by atoms with E-state index in [0.717, 1.165) is 63.1 Å². The number of piperidine rings is 1. The molecule has 0 atom stereocenters. The summed E-state index contributed by atoms with van der Waals surface area (Å²) < 4.78 is 1.96. The summed E-state index contributed by atoms with van der Waals surface area (Å²) in [4.78, 5) is 19.6. The van der Waals surface area contributed by atoms with E-state index >= 15 is 0 Å². The molecular formula is C25H26ClN5O. The number of carbonyl (C=O) groups is 1. The van der Waals surface area contributed by atoms with Gasteiger partial charge in [0.05, 0.1) is 16.6 Å². The molecule has 1 aromatic heterocycles. The molecule has 0 unspecified atom stereocenters. The third kappa shape index (κ3) is 3.51. The van der Waals surface area contributed by atoms with E-state index < -0.39 is 0 Å². The van der Waals surface area contributed by atoms with E-state index in [1.807, 2.05) is 27.8 Å². The van der Waals surface area contributed by atoms with Crippen LogP contribution < -0.4 is 5.32 Å². The van der Waals surface area contributed by atoms with Crippen molar-refractivity contribution in [1.29, 1.82) is 0 Å². The monoisotopic (exact) mass is 447 g/mol. The van der Waals surface area contributed by atoms with Gasteiger partial charge in [0.15, 0.2) is 5.82 Å². The molecule has 1 amide bonds. The second-order valence-corrected chi connectivity index (χ2v) is 9.73. The lowest BCUT2D eigenvalue weighted by molar-refractivity contribution is 0.0631. The highest BCUT2D eigenvalue weighted by Crippen LogP contribution is 2.38. The van der Waals surface area contributed by atoms with Crippen LogP contribution in [-0.2, 0) is 13.0 Å². The fourth-order valence-corrected chi connectivity index (χ4v) is 5.41. The van der Waals surface area contributed by atoms with Gasteiger partial charge in [0.1, 0.15) is 6.33 Å². The van der Waals surface area contributed by atoms with Crippen LogP contribution in [0.15, 0.2) is 48.8 Å². The number of hydrogen-bond donors (Lipinski definition) is 1. The highest BCUT2D eigenvalue weighted by atomic mass is 35.5. The Kier molecular flexibility index (Phi) is 4.81. The average molecular weight is 448 g/mol. The molecule has 3 aliphatic rings. The van der Waals surface area contributed by atoms with Crippen LogP contribution in [0.5, 0.6) is 0 Å². The summed E-state index contributed by atoms with van der Waals surface area (Å²) in [6, 6.07) is 14.7. The quantitative estimate of drug-likeness (QED) is 0.651. The molecule has 6 nitrogen and oxygen atoms in total. The summed E-state index contributed by atoms with van der Waals surface area (Å²) in [5.74, 6) is 0.827. The Hall–Kier alpha value is -2.70. The van der Waals surface area contributed by atoms with Crippen molar-refractivity contribution in [3.8, 4) is 11.4 Å². The van der Waals surface area contributed by atoms with Gasteiger partial charge in [0, 0.05) is 30.7 Å². The van der Waals surface area contributed by atoms with Crippen LogP contribution in [0.2, 0.25) is 5.02 Å². The number of fused-ring (bicyclic) bond motifs is 1. The standard InChI is InChI=1S/C25H26ClN5O/c26-22-13-17(23-27-16-29-31(23)20-6-7-20)5-8-21(22)24(32)30-11-9-25(10-12-30)14-18-3-1-2-4-19(18)15-28-25/h1-5,8,13,16,20,28H,6-7,9-12,14-15H2. The van der Waals surface area contributed by atoms with Gasteiger partial charge in [-0.3, -0.25) is 4.79 Å². The molecule has 0 radical (unpaired) electrons. The number of benzene rings is 2. The minimum Gasteiger partial charge on any atom is -0.338 e. The number of hydrogen-bond acceptors (Lipinski definition) is 4. The Bertz CT molecular complexity index is 1180. The fourth-order valence-electron chi connectivity index (χ4n) is 5.14. The molecule has 7 heteroatoms. The van der Waals surface area contributed by atoms with Crippen LogP contribution in [0.1, 0.15) is 53.2 Å². The van der Waals surface area contributed by atoms with Crippen molar-refractivity contribution in [3.05, 3.63) is 70.5 Å². The normalized spacial score (nSPS) is 19.7. The molecule has 3 aromatic rings. The predicted molar refractivity (Wildman–Crippen MR) is 124 cm³/mol. The molecule has 0 bridgehead atoms. The van der Waals surface area contributed by atoms with Crippen LogP contribution in [0.4, 0.5) is 0 Å². The first-order valence-corrected chi connectivity index (χ1v) is 11.8. The van der Waals surface area contributed by atoms with Crippen LogP contribution >= 0.6 is 11.6 Å². The molecule has 2 aliphatic heterocycles. The van der Waals surface area contributed by atoms with Gasteiger partial charge in [-0.1, -0.05) is 41.9 Å². The first-order chi connectivity index (χ1) is 15.6. The van der Waals surface area contributed by atoms with Crippen LogP contribution in [-0.4, -0.2) is 44.2 Å². The van der Waals surface area contributed by atoms with Gasteiger partial charge in [-0.2, -0.15) is 5.10 Å². The molecular weight excluding hydrogens is 422 g/mol. The summed E-state index contributed by atoms with van der Waals surface area (Å²) in [6.07, 6.45) is 6.79. The smallest absolute Gasteiger partial charge is 0.255 e. The molecule has 3 heterocycles. The van der Waals surface area contributed by atoms with Crippen molar-refractivity contribution in [2.45, 2.75) is 50.2 Å². The SMILES string of the molecule is O=C(c1ccc(-c2ncnn2C2CC2)cc1Cl)N1CCC2(CC1)Cc1ccccc1CN2. The number of nitrogens with one attached hydrogen (secondary N) is 1. The lowest BCUT2D eigenvalue weighted by Gasteiger charge is -2.45. The van der Waals surface area contributed by atoms with Gasteiger partial charge < -0.3 is 10.2 Å². The Morgan fingerprint density at radius 1 is 1.09 bits per heavy atom. The topological polar surface area (TPSA) is 63.1 Å². The maximum absolute atomic E-state index is 13.3. The van der Waals surface area contributed by atoms with Crippen molar-refractivity contribution in [2.24, 2.45) is 0 Å². The second kappa shape index (κ2) is 7.71. The number of nitrogens with zero attached hydrogens (tertiary/aromatic N) is 4. The highest BCUT2D eigenvalue weighted by Gasteiger charge is 2.38. The summed E-state index contributed by atoms with van der Waals surface area (Å²) in [5, 5.41) is 8.59. The zero-order valence-electron chi connectivity index (χ0n) is 17.9. The molecule has 6 rings (SSSR count). The van der Waals surface area contributed by atoms with Gasteiger partial charge in [-0.15, -0.1) is 0 Å². The number of likely N-dealkylation sites (tertiary alicyclic amines) is 1. The number of aromatic nitrogens is 3. The van der Waals surface area contributed by atoms with Gasteiger partial charge in [0.25, 0.3) is 5.91 Å². The van der Waals surface area contributed by atoms with Crippen LogP contribution in [0.25, 0.3) is 11.4 Å². The fraction of sp³-hybridized carbons (Fsp3) is 0.400. The van der Waals surface area contributed by atoms with E-state index in [9.17, 15) is 4.79 Å². The Morgan fingerprint density at radius 3 is 2.62 bits per heavy atom. The third-order valence-corrected chi connectivity index (χ3v) is 7.55. The van der Waals surface area contributed by atoms with Gasteiger partial charge >= 0.3 is 0 Å². The van der Waals surface area contributed by atoms with E-state index in [1.165, 1.54) is 11.1 Å². The van der Waals surface area contributed by atoms with Crippen LogP contribution in [0, 0.1) is 0 Å². The largest absolute Gasteiger partial charge is 0.338 e. The van der Waals surface area contributed by atoms with Crippen molar-refractivity contribution in [1.82, 2.24) is 25.0 Å². The minimum atomic E-state index is 0.0104. The molecule has 2 aromatic carbocycles. The first-order valence-electron chi connectivity index (χ1n) is 11.4. The number of rotatable bonds is 3. The molecule has 1 spiro atoms. The van der Waals surface area contributed by atoms with Gasteiger partial charge in [-0.05, 0) is 55.4 Å². The second-order valence-electron chi connectivity index (χ2n) is 9.33. The summed E-state index contributed by atoms with van der Waals surface area (Å²) in [6.45, 7) is 2.38. The number of amides is 1. The van der Waals surface area contributed by atoms with Gasteiger partial charge in [0.2, 0.25) is 0 Å². The maximum atomic E-state index is 13.3. The number of carbonyl (C=O) groups excluding carboxylic acids is 1. The molecule has 1 aliphatic carbocycles. The Labute approximate surface area is 192 Å². The van der Waals surface area contributed by atoms with Gasteiger partial charge in [-0.25, -0.2) is 9.67 Å². The maximum Gasteiger partial charge on any atom is 0.255 e. The predicted octanol–water partition coefficient (Wildman–Crippen LogP) is 4.25. The van der Waals surface area contributed by atoms with Crippen LogP contribution in [0.3, 0.4) is 0 Å². The minimum absolute atomic E-state index is 0.0104. The summed E-state index contributed by atoms with van der Waals surface area (Å²) in [7, 11) is 0. The van der Waals surface area contributed by atoms with Crippen molar-refractivity contribution in [3.63, 3.8) is 0 Å². The molecule has 164 valence electrons. The molecule has 1 saturated heterocycles. The molecule has 32 heavy (non-hydrogen) atoms. The van der Waals surface area contributed by atoms with E-state index in [-0.39, 0.29) is 11.4 Å². The van der Waals surface area contributed by atoms with E-state index in [0.29, 0.717) is 16.6 Å². The van der Waals surface area contributed by atoms with E-state index in [4.69, 9.17) is 11.6 Å². The Balaban J connectivity index is 1.16. The zero-order valence-corrected chi connectivity index (χ0v) is 18.7. The average Bonchev–Trinajstić information content (AvgIpc) is 3.55. The lowest BCUT2D eigenvalue weighted by atomic mass is 9.78. The zero-order chi connectivity index (χ0) is 21.7. The van der Waals surface area contributed by atoms with E-state index in [2.05, 4.69) is 39.7 Å². The Morgan fingerprint density at radius 2 is 1.88 bits per heavy atom. The highest BCUT2D eigenvalue weighted by molar-refractivity contribution is 6.34. The first kappa shape index (κ1) is 19.9. The summed E-state index contributed by atoms with van der Waals surface area (Å²) in [5.41, 5.74) is 4.38. The van der Waals surface area contributed by atoms with Crippen molar-refractivity contribution >= 4 is 17.5 Å². The summed E-state index contributed by atoms with van der Waals surface area (Å²) >= 11 is 6.59. The third-order valence-electron chi connectivity index (χ3n) is 7.23. The van der Waals surface area contributed by atoms with E-state index in [1.54, 1.807) is 6.33 Å². The molecule has 1 N–H and O–H groups in total. The van der Waals surface area contributed by atoms with Crippen molar-refractivity contribution in [2.75, 3.05) is 13.1 Å². The molecule has 2 fully saturated rings.